The van der Waals surface area contributed by atoms with E-state index >= 15 is 0 Å². The number of non-ortho nitro benzene ring substituents is 1. The molecule has 3 aromatic rings. The number of anilines is 1. The van der Waals surface area contributed by atoms with Gasteiger partial charge in [-0.3, -0.25) is 10.1 Å². The minimum absolute atomic E-state index is 0.0726. The number of hydrogen-bond acceptors (Lipinski definition) is 3. The lowest BCUT2D eigenvalue weighted by molar-refractivity contribution is -0.384. The van der Waals surface area contributed by atoms with Gasteiger partial charge in [-0.15, -0.1) is 0 Å². The molecule has 6 nitrogen and oxygen atoms in total. The molecule has 0 saturated carbocycles. The first-order valence-corrected chi connectivity index (χ1v) is 9.54. The number of aromatic nitrogens is 1. The molecule has 142 valence electrons. The minimum atomic E-state index is -0.391. The predicted molar refractivity (Wildman–Crippen MR) is 114 cm³/mol. The lowest BCUT2D eigenvalue weighted by atomic mass is 10.00. The van der Waals surface area contributed by atoms with Crippen molar-refractivity contribution in [2.45, 2.75) is 12.6 Å². The SMILES string of the molecule is O=[N+]([O-])c1ccc(C2c3cccn3CCN2C(=S)Nc2ccc(Cl)cc2)cc1. The zero-order valence-electron chi connectivity index (χ0n) is 14.8. The zero-order valence-corrected chi connectivity index (χ0v) is 16.4. The lowest BCUT2D eigenvalue weighted by Crippen LogP contribution is -2.44. The first-order chi connectivity index (χ1) is 13.5. The van der Waals surface area contributed by atoms with Crippen LogP contribution in [-0.4, -0.2) is 26.0 Å². The van der Waals surface area contributed by atoms with E-state index in [9.17, 15) is 10.1 Å². The van der Waals surface area contributed by atoms with Gasteiger partial charge in [-0.1, -0.05) is 11.6 Å². The monoisotopic (exact) mass is 412 g/mol. The number of hydrogen-bond donors (Lipinski definition) is 1. The van der Waals surface area contributed by atoms with Crippen molar-refractivity contribution in [2.24, 2.45) is 0 Å². The standard InChI is InChI=1S/C20H17ClN4O2S/c21-15-5-7-16(8-6-15)22-20(28)24-13-12-23-11-1-2-18(23)19(24)14-3-9-17(10-4-14)25(26)27/h1-11,19H,12-13H2,(H,22,28). The summed E-state index contributed by atoms with van der Waals surface area (Å²) < 4.78 is 2.19. The second-order valence-electron chi connectivity index (χ2n) is 6.51. The second kappa shape index (κ2) is 7.61. The number of thiocarbonyl (C=S) groups is 1. The third-order valence-electron chi connectivity index (χ3n) is 4.81. The van der Waals surface area contributed by atoms with Gasteiger partial charge in [0, 0.05) is 47.8 Å². The highest BCUT2D eigenvalue weighted by molar-refractivity contribution is 7.80. The number of halogens is 1. The summed E-state index contributed by atoms with van der Waals surface area (Å²) in [5.41, 5.74) is 2.98. The molecule has 0 bridgehead atoms. The number of nitro groups is 1. The molecular weight excluding hydrogens is 396 g/mol. The molecule has 0 fully saturated rings. The van der Waals surface area contributed by atoms with E-state index in [2.05, 4.69) is 20.9 Å². The lowest BCUT2D eigenvalue weighted by Gasteiger charge is -2.39. The minimum Gasteiger partial charge on any atom is -0.348 e. The van der Waals surface area contributed by atoms with Crippen molar-refractivity contribution in [3.63, 3.8) is 0 Å². The Hall–Kier alpha value is -2.90. The molecular formula is C20H17ClN4O2S. The molecule has 0 saturated heterocycles. The van der Waals surface area contributed by atoms with E-state index < -0.39 is 4.92 Å². The van der Waals surface area contributed by atoms with Crippen LogP contribution < -0.4 is 5.32 Å². The molecule has 2 aromatic carbocycles. The van der Waals surface area contributed by atoms with Crippen LogP contribution in [0.2, 0.25) is 5.02 Å². The summed E-state index contributed by atoms with van der Waals surface area (Å²) in [7, 11) is 0. The molecule has 0 radical (unpaired) electrons. The van der Waals surface area contributed by atoms with Crippen molar-refractivity contribution in [3.8, 4) is 0 Å². The van der Waals surface area contributed by atoms with Crippen LogP contribution in [0.25, 0.3) is 0 Å². The summed E-state index contributed by atoms with van der Waals surface area (Å²) in [5, 5.41) is 15.5. The van der Waals surface area contributed by atoms with E-state index in [0.29, 0.717) is 10.1 Å². The Balaban J connectivity index is 1.66. The van der Waals surface area contributed by atoms with Crippen LogP contribution in [0.4, 0.5) is 11.4 Å². The molecule has 4 rings (SSSR count). The van der Waals surface area contributed by atoms with Crippen molar-refractivity contribution in [1.29, 1.82) is 0 Å². The third-order valence-corrected chi connectivity index (χ3v) is 5.40. The van der Waals surface area contributed by atoms with Crippen molar-refractivity contribution >= 4 is 40.3 Å². The maximum Gasteiger partial charge on any atom is 0.269 e. The number of benzene rings is 2. The Morgan fingerprint density at radius 3 is 2.50 bits per heavy atom. The Bertz CT molecular complexity index is 1020. The molecule has 0 amide bonds. The van der Waals surface area contributed by atoms with E-state index in [0.717, 1.165) is 30.0 Å². The van der Waals surface area contributed by atoms with Crippen LogP contribution in [0.1, 0.15) is 17.3 Å². The summed E-state index contributed by atoms with van der Waals surface area (Å²) in [6, 6.07) is 18.0. The van der Waals surface area contributed by atoms with Gasteiger partial charge in [0.2, 0.25) is 0 Å². The van der Waals surface area contributed by atoms with E-state index in [1.807, 2.05) is 36.5 Å². The van der Waals surface area contributed by atoms with Gasteiger partial charge in [-0.05, 0) is 66.3 Å². The maximum absolute atomic E-state index is 11.0. The van der Waals surface area contributed by atoms with Crippen molar-refractivity contribution in [3.05, 3.63) is 93.3 Å². The van der Waals surface area contributed by atoms with Gasteiger partial charge in [0.25, 0.3) is 5.69 Å². The zero-order chi connectivity index (χ0) is 19.7. The molecule has 8 heteroatoms. The Kier molecular flexibility index (Phi) is 5.02. The van der Waals surface area contributed by atoms with Crippen LogP contribution in [0.5, 0.6) is 0 Å². The van der Waals surface area contributed by atoms with Gasteiger partial charge < -0.3 is 14.8 Å². The third kappa shape index (κ3) is 3.58. The largest absolute Gasteiger partial charge is 0.348 e. The fourth-order valence-electron chi connectivity index (χ4n) is 3.46. The molecule has 1 aliphatic heterocycles. The first kappa shape index (κ1) is 18.5. The normalized spacial score (nSPS) is 15.8. The quantitative estimate of drug-likeness (QED) is 0.378. The molecule has 1 unspecified atom stereocenters. The van der Waals surface area contributed by atoms with Crippen molar-refractivity contribution in [2.75, 3.05) is 11.9 Å². The summed E-state index contributed by atoms with van der Waals surface area (Å²) in [5.74, 6) is 0. The van der Waals surface area contributed by atoms with Gasteiger partial charge in [0.05, 0.1) is 11.0 Å². The van der Waals surface area contributed by atoms with Crippen LogP contribution in [0.15, 0.2) is 66.9 Å². The van der Waals surface area contributed by atoms with Crippen molar-refractivity contribution < 1.29 is 4.92 Å². The van der Waals surface area contributed by atoms with Crippen molar-refractivity contribution in [1.82, 2.24) is 9.47 Å². The molecule has 2 heterocycles. The van der Waals surface area contributed by atoms with Gasteiger partial charge in [0.15, 0.2) is 5.11 Å². The van der Waals surface area contributed by atoms with E-state index in [1.165, 1.54) is 12.1 Å². The summed E-state index contributed by atoms with van der Waals surface area (Å²) in [6.07, 6.45) is 2.04. The Labute approximate surface area is 172 Å². The molecule has 28 heavy (non-hydrogen) atoms. The Morgan fingerprint density at radius 1 is 1.11 bits per heavy atom. The van der Waals surface area contributed by atoms with E-state index in [1.54, 1.807) is 12.1 Å². The van der Waals surface area contributed by atoms with E-state index in [-0.39, 0.29) is 11.7 Å². The average Bonchev–Trinajstić information content (AvgIpc) is 3.18. The molecule has 1 N–H and O–H groups in total. The van der Waals surface area contributed by atoms with Crippen LogP contribution in [-0.2, 0) is 6.54 Å². The summed E-state index contributed by atoms with van der Waals surface area (Å²) >= 11 is 11.7. The number of nitrogens with one attached hydrogen (secondary N) is 1. The highest BCUT2D eigenvalue weighted by Gasteiger charge is 2.30. The smallest absolute Gasteiger partial charge is 0.269 e. The van der Waals surface area contributed by atoms with Crippen LogP contribution in [0, 0.1) is 10.1 Å². The number of nitrogens with zero attached hydrogens (tertiary/aromatic N) is 3. The second-order valence-corrected chi connectivity index (χ2v) is 7.33. The molecule has 1 aliphatic rings. The van der Waals surface area contributed by atoms with Gasteiger partial charge in [-0.2, -0.15) is 0 Å². The fourth-order valence-corrected chi connectivity index (χ4v) is 3.90. The summed E-state index contributed by atoms with van der Waals surface area (Å²) in [6.45, 7) is 1.54. The summed E-state index contributed by atoms with van der Waals surface area (Å²) in [4.78, 5) is 12.7. The average molecular weight is 413 g/mol. The van der Waals surface area contributed by atoms with Gasteiger partial charge in [-0.25, -0.2) is 0 Å². The van der Waals surface area contributed by atoms with Gasteiger partial charge in [0.1, 0.15) is 0 Å². The molecule has 0 spiro atoms. The number of rotatable bonds is 3. The predicted octanol–water partition coefficient (Wildman–Crippen LogP) is 4.85. The van der Waals surface area contributed by atoms with Crippen LogP contribution >= 0.6 is 23.8 Å². The highest BCUT2D eigenvalue weighted by atomic mass is 35.5. The van der Waals surface area contributed by atoms with Crippen LogP contribution in [0.3, 0.4) is 0 Å². The molecule has 1 aromatic heterocycles. The highest BCUT2D eigenvalue weighted by Crippen LogP contribution is 2.33. The molecule has 1 atom stereocenters. The molecule has 0 aliphatic carbocycles. The number of nitro benzene ring substituents is 1. The van der Waals surface area contributed by atoms with E-state index in [4.69, 9.17) is 23.8 Å². The number of fused-ring (bicyclic) bond motifs is 1. The Morgan fingerprint density at radius 2 is 1.82 bits per heavy atom. The fraction of sp³-hybridized carbons (Fsp3) is 0.150. The first-order valence-electron chi connectivity index (χ1n) is 8.75. The topological polar surface area (TPSA) is 63.3 Å². The maximum atomic E-state index is 11.0. The van der Waals surface area contributed by atoms with Gasteiger partial charge >= 0.3 is 0 Å².